The number of hydrogen-bond donors (Lipinski definition) is 1. The van der Waals surface area contributed by atoms with Gasteiger partial charge in [0.15, 0.2) is 0 Å². The van der Waals surface area contributed by atoms with Crippen LogP contribution in [0.15, 0.2) is 24.3 Å². The number of fused-ring (bicyclic) bond motifs is 1. The first kappa shape index (κ1) is 14.5. The predicted molar refractivity (Wildman–Crippen MR) is 73.8 cm³/mol. The molecule has 0 heterocycles. The molecule has 19 heavy (non-hydrogen) atoms. The monoisotopic (exact) mass is 284 g/mol. The standard InChI is InChI=1S/C14H20O4S/c1-19(16,17)10-12(15)9-18-14-8-4-6-11-5-2-3-7-13(11)14/h2-3,5,7,12,14-15H,4,6,8-10H2,1H3/t12-,14-/m1/s1. The molecule has 1 aliphatic carbocycles. The van der Waals surface area contributed by atoms with Crippen molar-refractivity contribution in [3.05, 3.63) is 35.4 Å². The second-order valence-corrected chi connectivity index (χ2v) is 7.34. The van der Waals surface area contributed by atoms with Gasteiger partial charge in [-0.05, 0) is 30.4 Å². The van der Waals surface area contributed by atoms with Gasteiger partial charge in [-0.2, -0.15) is 0 Å². The fourth-order valence-electron chi connectivity index (χ4n) is 2.51. The molecule has 0 bridgehead atoms. The Morgan fingerprint density at radius 2 is 2.16 bits per heavy atom. The number of hydrogen-bond acceptors (Lipinski definition) is 4. The van der Waals surface area contributed by atoms with Crippen LogP contribution in [0.1, 0.15) is 30.1 Å². The topological polar surface area (TPSA) is 63.6 Å². The lowest BCUT2D eigenvalue weighted by Gasteiger charge is -2.26. The summed E-state index contributed by atoms with van der Waals surface area (Å²) >= 11 is 0. The summed E-state index contributed by atoms with van der Waals surface area (Å²) in [6.07, 6.45) is 3.17. The summed E-state index contributed by atoms with van der Waals surface area (Å²) in [4.78, 5) is 0. The van der Waals surface area contributed by atoms with Crippen molar-refractivity contribution < 1.29 is 18.3 Å². The summed E-state index contributed by atoms with van der Waals surface area (Å²) in [5.74, 6) is -0.249. The number of aryl methyl sites for hydroxylation is 1. The van der Waals surface area contributed by atoms with Crippen molar-refractivity contribution in [3.8, 4) is 0 Å². The van der Waals surface area contributed by atoms with Crippen LogP contribution in [0.25, 0.3) is 0 Å². The minimum Gasteiger partial charge on any atom is -0.390 e. The molecule has 0 unspecified atom stereocenters. The molecule has 0 saturated heterocycles. The van der Waals surface area contributed by atoms with E-state index in [1.54, 1.807) is 0 Å². The molecular weight excluding hydrogens is 264 g/mol. The molecule has 1 aliphatic rings. The zero-order chi connectivity index (χ0) is 13.9. The smallest absolute Gasteiger partial charge is 0.150 e. The minimum atomic E-state index is -3.17. The van der Waals surface area contributed by atoms with Crippen molar-refractivity contribution in [2.24, 2.45) is 0 Å². The van der Waals surface area contributed by atoms with Crippen LogP contribution in [0, 0.1) is 0 Å². The molecule has 0 saturated carbocycles. The number of benzene rings is 1. The van der Waals surface area contributed by atoms with E-state index in [9.17, 15) is 13.5 Å². The summed E-state index contributed by atoms with van der Waals surface area (Å²) in [5.41, 5.74) is 2.46. The number of aliphatic hydroxyl groups is 1. The maximum absolute atomic E-state index is 11.1. The van der Waals surface area contributed by atoms with Crippen LogP contribution >= 0.6 is 0 Å². The van der Waals surface area contributed by atoms with E-state index < -0.39 is 15.9 Å². The number of aliphatic hydroxyl groups excluding tert-OH is 1. The minimum absolute atomic E-state index is 0.0286. The zero-order valence-corrected chi connectivity index (χ0v) is 11.9. The number of ether oxygens (including phenoxy) is 1. The molecule has 2 rings (SSSR count). The fraction of sp³-hybridized carbons (Fsp3) is 0.571. The van der Waals surface area contributed by atoms with Crippen LogP contribution < -0.4 is 0 Å². The normalized spacial score (nSPS) is 20.8. The molecule has 5 heteroatoms. The van der Waals surface area contributed by atoms with Gasteiger partial charge in [0.25, 0.3) is 0 Å². The molecule has 106 valence electrons. The molecule has 1 aromatic rings. The van der Waals surface area contributed by atoms with Crippen molar-refractivity contribution in [2.45, 2.75) is 31.5 Å². The van der Waals surface area contributed by atoms with Gasteiger partial charge in [-0.25, -0.2) is 8.42 Å². The number of rotatable bonds is 5. The second-order valence-electron chi connectivity index (χ2n) is 5.16. The second kappa shape index (κ2) is 6.03. The van der Waals surface area contributed by atoms with Crippen LogP contribution in [0.2, 0.25) is 0 Å². The molecule has 0 spiro atoms. The van der Waals surface area contributed by atoms with Gasteiger partial charge in [0.05, 0.1) is 24.6 Å². The Morgan fingerprint density at radius 1 is 1.42 bits per heavy atom. The van der Waals surface area contributed by atoms with Gasteiger partial charge in [-0.3, -0.25) is 0 Å². The largest absolute Gasteiger partial charge is 0.390 e. The molecule has 1 N–H and O–H groups in total. The summed E-state index contributed by atoms with van der Waals surface area (Å²) in [7, 11) is -3.17. The first-order valence-electron chi connectivity index (χ1n) is 6.51. The van der Waals surface area contributed by atoms with E-state index in [2.05, 4.69) is 6.07 Å². The summed E-state index contributed by atoms with van der Waals surface area (Å²) < 4.78 is 27.9. The van der Waals surface area contributed by atoms with Gasteiger partial charge < -0.3 is 9.84 Å². The van der Waals surface area contributed by atoms with E-state index in [4.69, 9.17) is 4.74 Å². The van der Waals surface area contributed by atoms with E-state index >= 15 is 0 Å². The first-order chi connectivity index (χ1) is 8.96. The molecule has 0 radical (unpaired) electrons. The van der Waals surface area contributed by atoms with Crippen LogP contribution in [0.3, 0.4) is 0 Å². The third kappa shape index (κ3) is 4.30. The van der Waals surface area contributed by atoms with E-state index in [1.165, 1.54) is 11.1 Å². The molecule has 4 nitrogen and oxygen atoms in total. The Labute approximate surface area is 114 Å². The molecule has 2 atom stereocenters. The van der Waals surface area contributed by atoms with Crippen molar-refractivity contribution in [1.29, 1.82) is 0 Å². The highest BCUT2D eigenvalue weighted by atomic mass is 32.2. The Hall–Kier alpha value is -0.910. The molecule has 0 aromatic heterocycles. The molecule has 0 amide bonds. The average Bonchev–Trinajstić information content (AvgIpc) is 2.34. The van der Waals surface area contributed by atoms with Crippen molar-refractivity contribution >= 4 is 9.84 Å². The van der Waals surface area contributed by atoms with Crippen LogP contribution in [0.5, 0.6) is 0 Å². The van der Waals surface area contributed by atoms with Gasteiger partial charge in [-0.15, -0.1) is 0 Å². The molecule has 0 aliphatic heterocycles. The van der Waals surface area contributed by atoms with Gasteiger partial charge in [0.2, 0.25) is 0 Å². The maximum Gasteiger partial charge on any atom is 0.150 e. The van der Waals surface area contributed by atoms with E-state index in [0.29, 0.717) is 0 Å². The molecule has 0 fully saturated rings. The lowest BCUT2D eigenvalue weighted by atomic mass is 9.89. The zero-order valence-electron chi connectivity index (χ0n) is 11.1. The predicted octanol–water partition coefficient (Wildman–Crippen LogP) is 1.49. The summed E-state index contributed by atoms with van der Waals surface area (Å²) in [6, 6.07) is 8.13. The van der Waals surface area contributed by atoms with Gasteiger partial charge in [-0.1, -0.05) is 24.3 Å². The van der Waals surface area contributed by atoms with Crippen molar-refractivity contribution in [3.63, 3.8) is 0 Å². The third-order valence-corrected chi connectivity index (χ3v) is 4.29. The lowest BCUT2D eigenvalue weighted by Crippen LogP contribution is -2.26. The highest BCUT2D eigenvalue weighted by Crippen LogP contribution is 2.32. The van der Waals surface area contributed by atoms with Crippen LogP contribution in [0.4, 0.5) is 0 Å². The Kier molecular flexibility index (Phi) is 4.60. The molecular formula is C14H20O4S. The van der Waals surface area contributed by atoms with E-state index in [0.717, 1.165) is 25.5 Å². The maximum atomic E-state index is 11.1. The highest BCUT2D eigenvalue weighted by Gasteiger charge is 2.22. The Balaban J connectivity index is 1.94. The van der Waals surface area contributed by atoms with Crippen molar-refractivity contribution in [1.82, 2.24) is 0 Å². The van der Waals surface area contributed by atoms with Gasteiger partial charge >= 0.3 is 0 Å². The van der Waals surface area contributed by atoms with E-state index in [1.807, 2.05) is 18.2 Å². The summed E-state index contributed by atoms with van der Waals surface area (Å²) in [5, 5.41) is 9.66. The van der Waals surface area contributed by atoms with Crippen LogP contribution in [-0.4, -0.2) is 38.2 Å². The van der Waals surface area contributed by atoms with Crippen molar-refractivity contribution in [2.75, 3.05) is 18.6 Å². The Bertz CT molecular complexity index is 524. The highest BCUT2D eigenvalue weighted by molar-refractivity contribution is 7.90. The Morgan fingerprint density at radius 3 is 2.89 bits per heavy atom. The molecule has 1 aromatic carbocycles. The first-order valence-corrected chi connectivity index (χ1v) is 8.57. The quantitative estimate of drug-likeness (QED) is 0.889. The summed E-state index contributed by atoms with van der Waals surface area (Å²) in [6.45, 7) is 0.0616. The van der Waals surface area contributed by atoms with E-state index in [-0.39, 0.29) is 18.5 Å². The van der Waals surface area contributed by atoms with Gasteiger partial charge in [0.1, 0.15) is 9.84 Å². The SMILES string of the molecule is CS(=O)(=O)C[C@H](O)CO[C@@H]1CCCc2ccccc21. The van der Waals surface area contributed by atoms with Gasteiger partial charge in [0, 0.05) is 6.26 Å². The third-order valence-electron chi connectivity index (χ3n) is 3.30. The fourth-order valence-corrected chi connectivity index (χ4v) is 3.30. The lowest BCUT2D eigenvalue weighted by molar-refractivity contribution is -0.0100. The average molecular weight is 284 g/mol. The number of sulfone groups is 1. The van der Waals surface area contributed by atoms with Crippen LogP contribution in [-0.2, 0) is 21.0 Å².